The number of Topliss-reactive ketones (excluding diaryl/α,β-unsaturated/α-hetero) is 1. The van der Waals surface area contributed by atoms with Crippen molar-refractivity contribution in [3.8, 4) is 0 Å². The highest BCUT2D eigenvalue weighted by atomic mass is 35.5. The van der Waals surface area contributed by atoms with Gasteiger partial charge in [-0.05, 0) is 29.8 Å². The number of halogens is 2. The fraction of sp³-hybridized carbons (Fsp3) is 0.318. The molecule has 2 atom stereocenters. The topological polar surface area (TPSA) is 63.7 Å². The molecule has 2 aromatic rings. The second kappa shape index (κ2) is 9.65. The molecule has 1 aliphatic rings. The molecule has 0 N–H and O–H groups in total. The number of amides is 1. The average Bonchev–Trinajstić information content (AvgIpc) is 3.09. The van der Waals surface area contributed by atoms with Crippen molar-refractivity contribution >= 4 is 29.3 Å². The van der Waals surface area contributed by atoms with Crippen LogP contribution >= 0.6 is 11.6 Å². The van der Waals surface area contributed by atoms with Gasteiger partial charge in [-0.1, -0.05) is 30.3 Å². The molecular weight excluding hydrogens is 397 g/mol. The number of ether oxygens (including phenoxy) is 1. The molecule has 1 aliphatic heterocycles. The molecule has 7 heteroatoms. The Hall–Kier alpha value is -2.73. The molecule has 29 heavy (non-hydrogen) atoms. The Morgan fingerprint density at radius 3 is 2.48 bits per heavy atom. The minimum absolute atomic E-state index is 0.0456. The highest BCUT2D eigenvalue weighted by molar-refractivity contribution is 6.18. The summed E-state index contributed by atoms with van der Waals surface area (Å²) >= 11 is 5.77. The highest BCUT2D eigenvalue weighted by Gasteiger charge is 2.37. The standard InChI is InChI=1S/C22H21ClFNO4/c23-11-10-19(21(27)16-6-8-18(24)9-7-16)29-22(28)17-12-20(26)25(14-17)13-15-4-2-1-3-5-15/h1-9,17,19H,10-14H2/t17-,19+/m0/s1. The summed E-state index contributed by atoms with van der Waals surface area (Å²) in [5.41, 5.74) is 1.21. The third kappa shape index (κ3) is 5.41. The molecule has 0 unspecified atom stereocenters. The molecule has 0 spiro atoms. The van der Waals surface area contributed by atoms with Crippen LogP contribution in [-0.4, -0.2) is 41.1 Å². The molecule has 1 heterocycles. The first-order chi connectivity index (χ1) is 14.0. The fourth-order valence-electron chi connectivity index (χ4n) is 3.27. The van der Waals surface area contributed by atoms with Crippen LogP contribution in [0.1, 0.15) is 28.8 Å². The molecule has 0 saturated carbocycles. The van der Waals surface area contributed by atoms with Crippen LogP contribution in [0.5, 0.6) is 0 Å². The summed E-state index contributed by atoms with van der Waals surface area (Å²) in [5, 5.41) is 0. The van der Waals surface area contributed by atoms with Crippen molar-refractivity contribution in [2.45, 2.75) is 25.5 Å². The minimum Gasteiger partial charge on any atom is -0.454 e. The number of carbonyl (C=O) groups excluding carboxylic acids is 3. The third-order valence-electron chi connectivity index (χ3n) is 4.81. The van der Waals surface area contributed by atoms with Gasteiger partial charge in [0.25, 0.3) is 0 Å². The Balaban J connectivity index is 1.63. The van der Waals surface area contributed by atoms with Crippen molar-refractivity contribution in [2.24, 2.45) is 5.92 Å². The van der Waals surface area contributed by atoms with Gasteiger partial charge in [0.05, 0.1) is 5.92 Å². The number of hydrogen-bond acceptors (Lipinski definition) is 4. The Kier molecular flexibility index (Phi) is 6.99. The van der Waals surface area contributed by atoms with E-state index < -0.39 is 29.6 Å². The lowest BCUT2D eigenvalue weighted by molar-refractivity contribution is -0.151. The van der Waals surface area contributed by atoms with Gasteiger partial charge in [0.2, 0.25) is 11.7 Å². The maximum Gasteiger partial charge on any atom is 0.311 e. The maximum absolute atomic E-state index is 13.1. The van der Waals surface area contributed by atoms with E-state index in [4.69, 9.17) is 16.3 Å². The highest BCUT2D eigenvalue weighted by Crippen LogP contribution is 2.23. The molecule has 0 aliphatic carbocycles. The van der Waals surface area contributed by atoms with Crippen molar-refractivity contribution < 1.29 is 23.5 Å². The second-order valence-corrected chi connectivity index (χ2v) is 7.31. The van der Waals surface area contributed by atoms with Crippen LogP contribution in [-0.2, 0) is 20.9 Å². The SMILES string of the molecule is O=C(O[C@H](CCCl)C(=O)c1ccc(F)cc1)[C@H]1CC(=O)N(Cc2ccccc2)C1. The van der Waals surface area contributed by atoms with Gasteiger partial charge in [0.15, 0.2) is 6.10 Å². The van der Waals surface area contributed by atoms with Crippen LogP contribution in [0.2, 0.25) is 0 Å². The van der Waals surface area contributed by atoms with Gasteiger partial charge in [-0.2, -0.15) is 0 Å². The van der Waals surface area contributed by atoms with Crippen molar-refractivity contribution in [3.63, 3.8) is 0 Å². The van der Waals surface area contributed by atoms with Crippen LogP contribution in [0.3, 0.4) is 0 Å². The van der Waals surface area contributed by atoms with E-state index in [1.807, 2.05) is 30.3 Å². The van der Waals surface area contributed by atoms with E-state index in [1.165, 1.54) is 24.3 Å². The zero-order valence-corrected chi connectivity index (χ0v) is 16.5. The predicted octanol–water partition coefficient (Wildman–Crippen LogP) is 3.60. The lowest BCUT2D eigenvalue weighted by Gasteiger charge is -2.19. The molecule has 152 valence electrons. The van der Waals surface area contributed by atoms with Crippen LogP contribution < -0.4 is 0 Å². The summed E-state index contributed by atoms with van der Waals surface area (Å²) in [6.45, 7) is 0.661. The van der Waals surface area contributed by atoms with E-state index in [0.29, 0.717) is 6.54 Å². The first-order valence-electron chi connectivity index (χ1n) is 9.36. The van der Waals surface area contributed by atoms with Crippen LogP contribution in [0.15, 0.2) is 54.6 Å². The molecule has 1 saturated heterocycles. The first-order valence-corrected chi connectivity index (χ1v) is 9.89. The summed E-state index contributed by atoms with van der Waals surface area (Å²) in [4.78, 5) is 39.1. The van der Waals surface area contributed by atoms with Gasteiger partial charge >= 0.3 is 5.97 Å². The Morgan fingerprint density at radius 1 is 1.14 bits per heavy atom. The number of carbonyl (C=O) groups is 3. The van der Waals surface area contributed by atoms with Gasteiger partial charge in [0.1, 0.15) is 5.82 Å². The van der Waals surface area contributed by atoms with Gasteiger partial charge in [-0.25, -0.2) is 4.39 Å². The Labute approximate surface area is 173 Å². The Bertz CT molecular complexity index is 872. The zero-order valence-electron chi connectivity index (χ0n) is 15.7. The molecular formula is C22H21ClFNO4. The largest absolute Gasteiger partial charge is 0.454 e. The molecule has 0 bridgehead atoms. The summed E-state index contributed by atoms with van der Waals surface area (Å²) in [7, 11) is 0. The summed E-state index contributed by atoms with van der Waals surface area (Å²) in [6, 6.07) is 14.5. The summed E-state index contributed by atoms with van der Waals surface area (Å²) < 4.78 is 18.5. The van der Waals surface area contributed by atoms with E-state index in [2.05, 4.69) is 0 Å². The fourth-order valence-corrected chi connectivity index (χ4v) is 3.46. The minimum atomic E-state index is -1.07. The predicted molar refractivity (Wildman–Crippen MR) is 106 cm³/mol. The molecule has 0 aromatic heterocycles. The molecule has 2 aromatic carbocycles. The van der Waals surface area contributed by atoms with Crippen molar-refractivity contribution in [3.05, 3.63) is 71.5 Å². The molecule has 1 fully saturated rings. The maximum atomic E-state index is 13.1. The van der Waals surface area contributed by atoms with E-state index >= 15 is 0 Å². The molecule has 1 amide bonds. The summed E-state index contributed by atoms with van der Waals surface area (Å²) in [5.74, 6) is -2.15. The quantitative estimate of drug-likeness (QED) is 0.374. The van der Waals surface area contributed by atoms with E-state index in [1.54, 1.807) is 4.90 Å². The number of benzene rings is 2. The second-order valence-electron chi connectivity index (χ2n) is 6.94. The van der Waals surface area contributed by atoms with Gasteiger partial charge in [-0.15, -0.1) is 11.6 Å². The van der Waals surface area contributed by atoms with E-state index in [-0.39, 0.29) is 36.7 Å². The van der Waals surface area contributed by atoms with Gasteiger partial charge in [0, 0.05) is 37.4 Å². The number of rotatable bonds is 8. The van der Waals surface area contributed by atoms with E-state index in [9.17, 15) is 18.8 Å². The monoisotopic (exact) mass is 417 g/mol. The van der Waals surface area contributed by atoms with Crippen LogP contribution in [0, 0.1) is 11.7 Å². The van der Waals surface area contributed by atoms with Gasteiger partial charge < -0.3 is 9.64 Å². The molecule has 0 radical (unpaired) electrons. The number of hydrogen-bond donors (Lipinski definition) is 0. The summed E-state index contributed by atoms with van der Waals surface area (Å²) in [6.07, 6.45) is -0.884. The molecule has 5 nitrogen and oxygen atoms in total. The smallest absolute Gasteiger partial charge is 0.311 e. The van der Waals surface area contributed by atoms with E-state index in [0.717, 1.165) is 5.56 Å². The number of alkyl halides is 1. The Morgan fingerprint density at radius 2 is 1.83 bits per heavy atom. The number of likely N-dealkylation sites (tertiary alicyclic amines) is 1. The van der Waals surface area contributed by atoms with Crippen molar-refractivity contribution in [1.82, 2.24) is 4.90 Å². The number of nitrogens with zero attached hydrogens (tertiary/aromatic N) is 1. The normalized spacial score (nSPS) is 17.2. The zero-order chi connectivity index (χ0) is 20.8. The van der Waals surface area contributed by atoms with Crippen LogP contribution in [0.25, 0.3) is 0 Å². The van der Waals surface area contributed by atoms with Gasteiger partial charge in [-0.3, -0.25) is 14.4 Å². The lowest BCUT2D eigenvalue weighted by atomic mass is 10.0. The number of ketones is 1. The average molecular weight is 418 g/mol. The lowest BCUT2D eigenvalue weighted by Crippen LogP contribution is -2.32. The van der Waals surface area contributed by atoms with Crippen molar-refractivity contribution in [2.75, 3.05) is 12.4 Å². The molecule has 3 rings (SSSR count). The number of esters is 1. The van der Waals surface area contributed by atoms with Crippen LogP contribution in [0.4, 0.5) is 4.39 Å². The first kappa shape index (κ1) is 21.0. The third-order valence-corrected chi connectivity index (χ3v) is 5.03. The van der Waals surface area contributed by atoms with Crippen molar-refractivity contribution in [1.29, 1.82) is 0 Å².